The van der Waals surface area contributed by atoms with Gasteiger partial charge in [-0.1, -0.05) is 34.1 Å². The third kappa shape index (κ3) is 4.05. The van der Waals surface area contributed by atoms with Crippen molar-refractivity contribution in [2.75, 3.05) is 16.2 Å². The van der Waals surface area contributed by atoms with Gasteiger partial charge in [-0.15, -0.1) is 0 Å². The van der Waals surface area contributed by atoms with Crippen LogP contribution in [-0.4, -0.2) is 19.9 Å². The van der Waals surface area contributed by atoms with E-state index in [9.17, 15) is 8.42 Å². The lowest BCUT2D eigenvalue weighted by molar-refractivity contribution is 0.591. The molecular formula is C19H18BrN3O2S. The molecular weight excluding hydrogens is 414 g/mol. The predicted octanol–water partition coefficient (Wildman–Crippen LogP) is 4.80. The summed E-state index contributed by atoms with van der Waals surface area (Å²) in [6.07, 6.45) is 1.38. The van der Waals surface area contributed by atoms with Gasteiger partial charge in [-0.05, 0) is 55.5 Å². The molecule has 0 fully saturated rings. The number of rotatable bonds is 6. The molecule has 0 amide bonds. The van der Waals surface area contributed by atoms with Crippen molar-refractivity contribution in [3.05, 3.63) is 77.4 Å². The first-order valence-electron chi connectivity index (χ1n) is 8.07. The SMILES string of the molecule is CCN(c1ccccc1)S(=O)(=O)c1ccc(Nc2ccc(Br)cc2)nc1. The molecule has 1 aromatic heterocycles. The van der Waals surface area contributed by atoms with Crippen LogP contribution < -0.4 is 9.62 Å². The Morgan fingerprint density at radius 3 is 2.27 bits per heavy atom. The Bertz CT molecular complexity index is 960. The van der Waals surface area contributed by atoms with Crippen molar-refractivity contribution in [2.45, 2.75) is 11.8 Å². The topological polar surface area (TPSA) is 62.3 Å². The molecule has 1 heterocycles. The normalized spacial score (nSPS) is 11.2. The molecule has 0 aliphatic heterocycles. The lowest BCUT2D eigenvalue weighted by atomic mass is 10.3. The maximum atomic E-state index is 12.9. The highest BCUT2D eigenvalue weighted by atomic mass is 79.9. The first-order valence-corrected chi connectivity index (χ1v) is 10.3. The molecule has 3 aromatic rings. The molecule has 0 saturated heterocycles. The monoisotopic (exact) mass is 431 g/mol. The van der Waals surface area contributed by atoms with Crippen LogP contribution in [-0.2, 0) is 10.0 Å². The number of benzene rings is 2. The van der Waals surface area contributed by atoms with Crippen molar-refractivity contribution in [3.63, 3.8) is 0 Å². The summed E-state index contributed by atoms with van der Waals surface area (Å²) in [5, 5.41) is 3.14. The minimum atomic E-state index is -3.66. The van der Waals surface area contributed by atoms with Gasteiger partial charge in [-0.2, -0.15) is 0 Å². The van der Waals surface area contributed by atoms with Crippen LogP contribution in [0.2, 0.25) is 0 Å². The van der Waals surface area contributed by atoms with E-state index in [0.29, 0.717) is 18.1 Å². The number of aromatic nitrogens is 1. The highest BCUT2D eigenvalue weighted by molar-refractivity contribution is 9.10. The second kappa shape index (κ2) is 7.88. The van der Waals surface area contributed by atoms with E-state index < -0.39 is 10.0 Å². The highest BCUT2D eigenvalue weighted by Crippen LogP contribution is 2.24. The van der Waals surface area contributed by atoms with Crippen LogP contribution in [0.4, 0.5) is 17.2 Å². The van der Waals surface area contributed by atoms with E-state index in [2.05, 4.69) is 26.2 Å². The van der Waals surface area contributed by atoms with Crippen LogP contribution in [0.3, 0.4) is 0 Å². The largest absolute Gasteiger partial charge is 0.340 e. The molecule has 0 radical (unpaired) electrons. The molecule has 0 spiro atoms. The Morgan fingerprint density at radius 1 is 1.00 bits per heavy atom. The molecule has 7 heteroatoms. The van der Waals surface area contributed by atoms with Gasteiger partial charge in [0.2, 0.25) is 0 Å². The van der Waals surface area contributed by atoms with E-state index in [1.807, 2.05) is 42.5 Å². The quantitative estimate of drug-likeness (QED) is 0.608. The Morgan fingerprint density at radius 2 is 1.69 bits per heavy atom. The maximum absolute atomic E-state index is 12.9. The summed E-state index contributed by atoms with van der Waals surface area (Å²) in [6, 6.07) is 19.9. The van der Waals surface area contributed by atoms with Crippen molar-refractivity contribution in [2.24, 2.45) is 0 Å². The van der Waals surface area contributed by atoms with Crippen LogP contribution in [0.25, 0.3) is 0 Å². The summed E-state index contributed by atoms with van der Waals surface area (Å²) in [5.41, 5.74) is 1.50. The van der Waals surface area contributed by atoms with Gasteiger partial charge < -0.3 is 5.32 Å². The van der Waals surface area contributed by atoms with Gasteiger partial charge in [0.05, 0.1) is 5.69 Å². The number of nitrogens with one attached hydrogen (secondary N) is 1. The van der Waals surface area contributed by atoms with E-state index in [1.165, 1.54) is 10.5 Å². The van der Waals surface area contributed by atoms with Gasteiger partial charge in [-0.25, -0.2) is 13.4 Å². The summed E-state index contributed by atoms with van der Waals surface area (Å²) >= 11 is 3.39. The number of anilines is 3. The van der Waals surface area contributed by atoms with E-state index in [1.54, 1.807) is 31.2 Å². The first kappa shape index (κ1) is 18.4. The van der Waals surface area contributed by atoms with Crippen LogP contribution >= 0.6 is 15.9 Å². The molecule has 5 nitrogen and oxygen atoms in total. The van der Waals surface area contributed by atoms with Gasteiger partial charge in [-0.3, -0.25) is 4.31 Å². The Kier molecular flexibility index (Phi) is 5.58. The van der Waals surface area contributed by atoms with Crippen molar-refractivity contribution >= 4 is 43.1 Å². The molecule has 0 aliphatic rings. The minimum absolute atomic E-state index is 0.157. The van der Waals surface area contributed by atoms with E-state index in [-0.39, 0.29) is 4.90 Å². The molecule has 2 aromatic carbocycles. The van der Waals surface area contributed by atoms with Crippen LogP contribution in [0.1, 0.15) is 6.92 Å². The molecule has 134 valence electrons. The predicted molar refractivity (Wildman–Crippen MR) is 108 cm³/mol. The summed E-state index contributed by atoms with van der Waals surface area (Å²) in [5.74, 6) is 0.578. The zero-order valence-corrected chi connectivity index (χ0v) is 16.5. The van der Waals surface area contributed by atoms with Crippen molar-refractivity contribution < 1.29 is 8.42 Å². The minimum Gasteiger partial charge on any atom is -0.340 e. The molecule has 0 atom stereocenters. The molecule has 0 aliphatic carbocycles. The summed E-state index contributed by atoms with van der Waals surface area (Å²) in [7, 11) is -3.66. The fourth-order valence-electron chi connectivity index (χ4n) is 2.50. The molecule has 26 heavy (non-hydrogen) atoms. The zero-order chi connectivity index (χ0) is 18.6. The van der Waals surface area contributed by atoms with Crippen LogP contribution in [0.5, 0.6) is 0 Å². The Hall–Kier alpha value is -2.38. The first-order chi connectivity index (χ1) is 12.5. The molecule has 0 unspecified atom stereocenters. The van der Waals surface area contributed by atoms with Crippen molar-refractivity contribution in [1.29, 1.82) is 0 Å². The van der Waals surface area contributed by atoms with E-state index >= 15 is 0 Å². The van der Waals surface area contributed by atoms with Crippen LogP contribution in [0, 0.1) is 0 Å². The average Bonchev–Trinajstić information content (AvgIpc) is 2.65. The van der Waals surface area contributed by atoms with Gasteiger partial charge in [0.1, 0.15) is 10.7 Å². The maximum Gasteiger partial charge on any atom is 0.265 e. The fourth-order valence-corrected chi connectivity index (χ4v) is 4.18. The molecule has 0 saturated carbocycles. The standard InChI is InChI=1S/C19H18BrN3O2S/c1-2-23(17-6-4-3-5-7-17)26(24,25)18-12-13-19(21-14-18)22-16-10-8-15(20)9-11-16/h3-14H,2H2,1H3,(H,21,22). The number of pyridine rings is 1. The van der Waals surface area contributed by atoms with Crippen molar-refractivity contribution in [1.82, 2.24) is 4.98 Å². The van der Waals surface area contributed by atoms with E-state index in [0.717, 1.165) is 10.2 Å². The smallest absolute Gasteiger partial charge is 0.265 e. The molecule has 3 rings (SSSR count). The number of para-hydroxylation sites is 1. The average molecular weight is 432 g/mol. The number of hydrogen-bond acceptors (Lipinski definition) is 4. The second-order valence-electron chi connectivity index (χ2n) is 5.52. The summed E-state index contributed by atoms with van der Waals surface area (Å²) in [4.78, 5) is 4.40. The van der Waals surface area contributed by atoms with Gasteiger partial charge in [0, 0.05) is 22.9 Å². The molecule has 1 N–H and O–H groups in total. The third-order valence-corrected chi connectivity index (χ3v) is 6.19. The van der Waals surface area contributed by atoms with E-state index in [4.69, 9.17) is 0 Å². The third-order valence-electron chi connectivity index (χ3n) is 3.77. The van der Waals surface area contributed by atoms with Gasteiger partial charge >= 0.3 is 0 Å². The number of halogens is 1. The number of nitrogens with zero attached hydrogens (tertiary/aromatic N) is 2. The summed E-state index contributed by atoms with van der Waals surface area (Å²) < 4.78 is 28.2. The van der Waals surface area contributed by atoms with Gasteiger partial charge in [0.25, 0.3) is 10.0 Å². The number of hydrogen-bond donors (Lipinski definition) is 1. The lowest BCUT2D eigenvalue weighted by Gasteiger charge is -2.22. The fraction of sp³-hybridized carbons (Fsp3) is 0.105. The van der Waals surface area contributed by atoms with Gasteiger partial charge in [0.15, 0.2) is 0 Å². The van der Waals surface area contributed by atoms with Crippen molar-refractivity contribution in [3.8, 4) is 0 Å². The Labute approximate surface area is 161 Å². The second-order valence-corrected chi connectivity index (χ2v) is 8.29. The van der Waals surface area contributed by atoms with Crippen LogP contribution in [0.15, 0.2) is 82.3 Å². The zero-order valence-electron chi connectivity index (χ0n) is 14.1. The summed E-state index contributed by atoms with van der Waals surface area (Å²) in [6.45, 7) is 2.15. The Balaban J connectivity index is 1.83. The lowest BCUT2D eigenvalue weighted by Crippen LogP contribution is -2.30. The highest BCUT2D eigenvalue weighted by Gasteiger charge is 2.23. The number of sulfonamides is 1. The molecule has 0 bridgehead atoms.